The van der Waals surface area contributed by atoms with E-state index in [-0.39, 0.29) is 17.4 Å². The Balaban J connectivity index is 2.45. The van der Waals surface area contributed by atoms with Crippen LogP contribution in [0.5, 0.6) is 0 Å². The monoisotopic (exact) mass is 266 g/mol. The Kier molecular flexibility index (Phi) is 4.91. The summed E-state index contributed by atoms with van der Waals surface area (Å²) < 4.78 is 0. The van der Waals surface area contributed by atoms with Gasteiger partial charge in [0, 0.05) is 31.6 Å². The van der Waals surface area contributed by atoms with Crippen molar-refractivity contribution in [3.8, 4) is 0 Å². The summed E-state index contributed by atoms with van der Waals surface area (Å²) in [5.41, 5.74) is 5.36. The number of aromatic nitrogens is 2. The topological polar surface area (TPSA) is 105 Å². The van der Waals surface area contributed by atoms with Gasteiger partial charge in [0.15, 0.2) is 0 Å². The lowest BCUT2D eigenvalue weighted by atomic mass is 10.1. The molecule has 1 aromatic rings. The summed E-state index contributed by atoms with van der Waals surface area (Å²) in [4.78, 5) is 19.6. The highest BCUT2D eigenvalue weighted by atomic mass is 16.1. The molecule has 7 nitrogen and oxygen atoms in total. The van der Waals surface area contributed by atoms with E-state index in [2.05, 4.69) is 25.9 Å². The van der Waals surface area contributed by atoms with Gasteiger partial charge in [0.2, 0.25) is 11.9 Å². The Bertz CT molecular complexity index is 440. The van der Waals surface area contributed by atoms with Gasteiger partial charge in [-0.3, -0.25) is 4.79 Å². The zero-order valence-electron chi connectivity index (χ0n) is 11.9. The third-order valence-electron chi connectivity index (χ3n) is 2.17. The lowest BCUT2D eigenvalue weighted by Gasteiger charge is -2.20. The molecule has 0 fully saturated rings. The van der Waals surface area contributed by atoms with Crippen molar-refractivity contribution >= 4 is 23.5 Å². The van der Waals surface area contributed by atoms with E-state index >= 15 is 0 Å². The molecule has 106 valence electrons. The minimum atomic E-state index is -0.213. The van der Waals surface area contributed by atoms with Crippen LogP contribution in [0.15, 0.2) is 6.07 Å². The van der Waals surface area contributed by atoms with Gasteiger partial charge in [-0.1, -0.05) is 0 Å². The Morgan fingerprint density at radius 2 is 1.95 bits per heavy atom. The average molecular weight is 266 g/mol. The van der Waals surface area contributed by atoms with Crippen molar-refractivity contribution in [2.75, 3.05) is 30.0 Å². The maximum atomic E-state index is 11.6. The molecular weight excluding hydrogens is 244 g/mol. The van der Waals surface area contributed by atoms with Gasteiger partial charge in [-0.05, 0) is 20.8 Å². The van der Waals surface area contributed by atoms with Crippen LogP contribution in [0.3, 0.4) is 0 Å². The van der Waals surface area contributed by atoms with Crippen LogP contribution in [0.2, 0.25) is 0 Å². The van der Waals surface area contributed by atoms with Gasteiger partial charge in [-0.15, -0.1) is 0 Å². The second-order valence-electron chi connectivity index (χ2n) is 5.22. The highest BCUT2D eigenvalue weighted by Crippen LogP contribution is 2.11. The summed E-state index contributed by atoms with van der Waals surface area (Å²) in [5, 5.41) is 8.82. The first-order valence-electron chi connectivity index (χ1n) is 6.17. The van der Waals surface area contributed by atoms with Crippen molar-refractivity contribution < 1.29 is 4.79 Å². The minimum absolute atomic E-state index is 0.00383. The Morgan fingerprint density at radius 1 is 1.32 bits per heavy atom. The molecule has 1 heterocycles. The van der Waals surface area contributed by atoms with E-state index in [1.807, 2.05) is 20.8 Å². The zero-order valence-corrected chi connectivity index (χ0v) is 11.9. The highest BCUT2D eigenvalue weighted by Gasteiger charge is 2.13. The van der Waals surface area contributed by atoms with Gasteiger partial charge >= 0.3 is 0 Å². The lowest BCUT2D eigenvalue weighted by molar-refractivity contribution is -0.122. The van der Waals surface area contributed by atoms with E-state index in [9.17, 15) is 4.79 Å². The van der Waals surface area contributed by atoms with E-state index in [1.165, 1.54) is 0 Å². The van der Waals surface area contributed by atoms with Crippen LogP contribution in [-0.2, 0) is 4.79 Å². The molecular formula is C12H22N6O. The highest BCUT2D eigenvalue weighted by molar-refractivity contribution is 5.77. The van der Waals surface area contributed by atoms with E-state index in [0.29, 0.717) is 24.6 Å². The molecule has 0 spiro atoms. The molecule has 1 amide bonds. The number of hydrogen-bond donors (Lipinski definition) is 4. The largest absolute Gasteiger partial charge is 0.373 e. The molecule has 19 heavy (non-hydrogen) atoms. The number of hydrogen-bond acceptors (Lipinski definition) is 6. The molecule has 0 aromatic carbocycles. The van der Waals surface area contributed by atoms with E-state index in [4.69, 9.17) is 5.73 Å². The van der Waals surface area contributed by atoms with E-state index < -0.39 is 0 Å². The molecule has 0 atom stereocenters. The van der Waals surface area contributed by atoms with Crippen molar-refractivity contribution in [2.24, 2.45) is 0 Å². The lowest BCUT2D eigenvalue weighted by Crippen LogP contribution is -2.41. The SMILES string of the molecule is CNc1cc(NCCC(=O)NC(C)(C)C)nc(N)n1. The maximum absolute atomic E-state index is 11.6. The molecule has 0 saturated heterocycles. The maximum Gasteiger partial charge on any atom is 0.223 e. The fourth-order valence-electron chi connectivity index (χ4n) is 1.47. The van der Waals surface area contributed by atoms with Crippen molar-refractivity contribution in [2.45, 2.75) is 32.7 Å². The van der Waals surface area contributed by atoms with Crippen LogP contribution in [-0.4, -0.2) is 35.0 Å². The standard InChI is InChI=1S/C12H22N6O/c1-12(2,3)18-10(19)5-6-15-9-7-8(14-4)16-11(13)17-9/h7H,5-6H2,1-4H3,(H,18,19)(H4,13,14,15,16,17). The van der Waals surface area contributed by atoms with Crippen LogP contribution >= 0.6 is 0 Å². The van der Waals surface area contributed by atoms with Gasteiger partial charge < -0.3 is 21.7 Å². The summed E-state index contributed by atoms with van der Waals surface area (Å²) in [7, 11) is 1.75. The molecule has 1 rings (SSSR count). The third kappa shape index (κ3) is 5.89. The quantitative estimate of drug-likeness (QED) is 0.629. The molecule has 0 radical (unpaired) electrons. The fraction of sp³-hybridized carbons (Fsp3) is 0.583. The average Bonchev–Trinajstić information content (AvgIpc) is 2.25. The van der Waals surface area contributed by atoms with E-state index in [0.717, 1.165) is 0 Å². The summed E-state index contributed by atoms with van der Waals surface area (Å²) in [6.45, 7) is 6.33. The van der Waals surface area contributed by atoms with Crippen LogP contribution in [0, 0.1) is 0 Å². The molecule has 0 unspecified atom stereocenters. The van der Waals surface area contributed by atoms with E-state index in [1.54, 1.807) is 13.1 Å². The molecule has 1 aromatic heterocycles. The number of carbonyl (C=O) groups is 1. The predicted octanol–water partition coefficient (Wildman–Crippen LogP) is 0.817. The third-order valence-corrected chi connectivity index (χ3v) is 2.17. The fourth-order valence-corrected chi connectivity index (χ4v) is 1.47. The van der Waals surface area contributed by atoms with Crippen molar-refractivity contribution in [3.63, 3.8) is 0 Å². The number of anilines is 3. The number of nitrogens with one attached hydrogen (secondary N) is 3. The zero-order chi connectivity index (χ0) is 14.5. The predicted molar refractivity (Wildman–Crippen MR) is 77.0 cm³/mol. The number of rotatable bonds is 5. The van der Waals surface area contributed by atoms with Gasteiger partial charge in [0.1, 0.15) is 11.6 Å². The first-order chi connectivity index (χ1) is 8.80. The van der Waals surface area contributed by atoms with Crippen LogP contribution < -0.4 is 21.7 Å². The summed E-state index contributed by atoms with van der Waals surface area (Å²) in [6, 6.07) is 1.73. The van der Waals surface area contributed by atoms with Crippen molar-refractivity contribution in [1.82, 2.24) is 15.3 Å². The number of nitrogens with two attached hydrogens (primary N) is 1. The Labute approximate surface area is 113 Å². The number of amides is 1. The summed E-state index contributed by atoms with van der Waals surface area (Å²) in [6.07, 6.45) is 0.371. The molecule has 5 N–H and O–H groups in total. The smallest absolute Gasteiger partial charge is 0.223 e. The second-order valence-corrected chi connectivity index (χ2v) is 5.22. The number of nitrogens with zero attached hydrogens (tertiary/aromatic N) is 2. The normalized spacial score (nSPS) is 10.9. The number of carbonyl (C=O) groups excluding carboxylic acids is 1. The van der Waals surface area contributed by atoms with Gasteiger partial charge in [-0.25, -0.2) is 0 Å². The minimum Gasteiger partial charge on any atom is -0.373 e. The molecule has 0 aliphatic rings. The first-order valence-corrected chi connectivity index (χ1v) is 6.17. The first kappa shape index (κ1) is 15.0. The second kappa shape index (κ2) is 6.21. The molecule has 0 saturated carbocycles. The molecule has 0 bridgehead atoms. The van der Waals surface area contributed by atoms with Crippen molar-refractivity contribution in [3.05, 3.63) is 6.07 Å². The van der Waals surface area contributed by atoms with Crippen LogP contribution in [0.4, 0.5) is 17.6 Å². The Morgan fingerprint density at radius 3 is 2.53 bits per heavy atom. The van der Waals surface area contributed by atoms with Gasteiger partial charge in [0.25, 0.3) is 0 Å². The molecule has 7 heteroatoms. The molecule has 0 aliphatic carbocycles. The van der Waals surface area contributed by atoms with Crippen LogP contribution in [0.25, 0.3) is 0 Å². The summed E-state index contributed by atoms with van der Waals surface area (Å²) in [5.74, 6) is 1.42. The van der Waals surface area contributed by atoms with Gasteiger partial charge in [0.05, 0.1) is 0 Å². The van der Waals surface area contributed by atoms with Crippen molar-refractivity contribution in [1.29, 1.82) is 0 Å². The summed E-state index contributed by atoms with van der Waals surface area (Å²) >= 11 is 0. The molecule has 0 aliphatic heterocycles. The van der Waals surface area contributed by atoms with Gasteiger partial charge in [-0.2, -0.15) is 9.97 Å². The Hall–Kier alpha value is -2.05. The number of nitrogen functional groups attached to an aromatic ring is 1. The van der Waals surface area contributed by atoms with Crippen LogP contribution in [0.1, 0.15) is 27.2 Å².